The van der Waals surface area contributed by atoms with Gasteiger partial charge < -0.3 is 46.1 Å². The zero-order chi connectivity index (χ0) is 39.9. The SMILES string of the molecule is CC(O)CNCC1[C+]2C=C(C(O)COc3cc(CC[C-]4C=C(CO)C(CCCCC(CCN)CCCC(C)CCCO)[OH+]4)ccc3O)N=C2CCC2CCCC21. The van der Waals surface area contributed by atoms with Gasteiger partial charge in [-0.1, -0.05) is 57.9 Å². The summed E-state index contributed by atoms with van der Waals surface area (Å²) in [5, 5.41) is 54.4. The molecule has 0 spiro atoms. The predicted octanol–water partition coefficient (Wildman–Crippen LogP) is 6.24. The van der Waals surface area contributed by atoms with Crippen LogP contribution >= 0.6 is 0 Å². The van der Waals surface area contributed by atoms with Crippen molar-refractivity contribution in [3.05, 3.63) is 59.2 Å². The van der Waals surface area contributed by atoms with Gasteiger partial charge in [-0.15, -0.1) is 16.6 Å². The van der Waals surface area contributed by atoms with E-state index >= 15 is 0 Å². The van der Waals surface area contributed by atoms with Gasteiger partial charge in [0.1, 0.15) is 30.4 Å². The average Bonchev–Trinajstić information content (AvgIpc) is 3.92. The van der Waals surface area contributed by atoms with Gasteiger partial charge >= 0.3 is 0 Å². The molecule has 0 aromatic heterocycles. The first-order valence-corrected chi connectivity index (χ1v) is 22.1. The van der Waals surface area contributed by atoms with Crippen molar-refractivity contribution in [2.45, 2.75) is 141 Å². The molecule has 1 aromatic carbocycles. The van der Waals surface area contributed by atoms with E-state index in [2.05, 4.69) is 24.4 Å². The average molecular weight is 781 g/mol. The Morgan fingerprint density at radius 1 is 1.04 bits per heavy atom. The summed E-state index contributed by atoms with van der Waals surface area (Å²) in [6.07, 6.45) is 22.1. The summed E-state index contributed by atoms with van der Waals surface area (Å²) in [7, 11) is 0. The van der Waals surface area contributed by atoms with Gasteiger partial charge in [-0.3, -0.25) is 0 Å². The molecule has 1 aromatic rings. The van der Waals surface area contributed by atoms with Gasteiger partial charge in [-0.25, -0.2) is 0 Å². The number of hydrogen-bond donors (Lipinski definition) is 7. The number of benzene rings is 1. The summed E-state index contributed by atoms with van der Waals surface area (Å²) >= 11 is 0. The minimum Gasteiger partial charge on any atom is -0.504 e. The molecule has 4 aliphatic rings. The van der Waals surface area contributed by atoms with Crippen molar-refractivity contribution < 1.29 is 35.0 Å². The van der Waals surface area contributed by atoms with Crippen molar-refractivity contribution >= 4 is 5.71 Å². The van der Waals surface area contributed by atoms with Crippen LogP contribution in [0, 0.1) is 41.6 Å². The van der Waals surface area contributed by atoms with Gasteiger partial charge in [0.05, 0.1) is 18.1 Å². The van der Waals surface area contributed by atoms with Gasteiger partial charge in [0.2, 0.25) is 5.70 Å². The molecule has 0 radical (unpaired) electrons. The Labute approximate surface area is 337 Å². The lowest BCUT2D eigenvalue weighted by molar-refractivity contribution is -0.0553. The topological polar surface area (TPSA) is 174 Å². The molecule has 314 valence electrons. The highest BCUT2D eigenvalue weighted by Gasteiger charge is 2.49. The fourth-order valence-electron chi connectivity index (χ4n) is 9.71. The lowest BCUT2D eigenvalue weighted by Gasteiger charge is -2.26. The van der Waals surface area contributed by atoms with Crippen LogP contribution in [0.15, 0.2) is 46.6 Å². The van der Waals surface area contributed by atoms with E-state index in [0.717, 1.165) is 93.8 Å². The van der Waals surface area contributed by atoms with E-state index in [9.17, 15) is 20.4 Å². The Bertz CT molecular complexity index is 1410. The molecule has 56 heavy (non-hydrogen) atoms. The van der Waals surface area contributed by atoms with Gasteiger partial charge in [0, 0.05) is 39.1 Å². The van der Waals surface area contributed by atoms with Crippen molar-refractivity contribution in [1.29, 1.82) is 0 Å². The van der Waals surface area contributed by atoms with Crippen LogP contribution in [0.25, 0.3) is 0 Å². The van der Waals surface area contributed by atoms with Gasteiger partial charge in [-0.2, -0.15) is 0 Å². The molecule has 0 bridgehead atoms. The Balaban J connectivity index is 1.06. The molecule has 2 fully saturated rings. The zero-order valence-corrected chi connectivity index (χ0v) is 34.4. The number of aliphatic imine (C=N–C) groups is 1. The number of phenolic OH excluding ortho intramolecular Hbond substituents is 1. The molecule has 2 aliphatic carbocycles. The van der Waals surface area contributed by atoms with Crippen LogP contribution in [0.1, 0.15) is 122 Å². The standard InChI is InChI=1S/C46H73N3O7/c1-31(9-7-23-50)8-5-11-33(21-22-47)10-3-4-14-45-36(29-51)25-37(56-45)18-15-34-16-20-43(53)46(24-34)55-30-44(54)42-26-39-40(28-48-27-32(2)52)38-13-6-12-35(38)17-19-41(39)49-42/h16,20,24-26,31-33,35,38,40,44-45,48,50-52,54,56H,3-15,17-19,21-23,27-30,47H2,1-2H3/p+1. The molecule has 10 nitrogen and oxygen atoms in total. The summed E-state index contributed by atoms with van der Waals surface area (Å²) in [5.74, 6) is 4.54. The highest BCUT2D eigenvalue weighted by atomic mass is 16.5. The smallest absolute Gasteiger partial charge is 0.208 e. The number of aryl methyl sites for hydroxylation is 1. The van der Waals surface area contributed by atoms with Crippen LogP contribution in [0.2, 0.25) is 0 Å². The number of ether oxygens (including phenoxy) is 2. The van der Waals surface area contributed by atoms with E-state index in [4.69, 9.17) is 25.3 Å². The summed E-state index contributed by atoms with van der Waals surface area (Å²) < 4.78 is 11.0. The molecule has 5 rings (SSSR count). The maximum absolute atomic E-state index is 11.2. The Morgan fingerprint density at radius 2 is 1.86 bits per heavy atom. The van der Waals surface area contributed by atoms with Crippen LogP contribution in [0.4, 0.5) is 0 Å². The minimum atomic E-state index is -0.926. The third-order valence-corrected chi connectivity index (χ3v) is 12.9. The number of aliphatic hydroxyl groups excluding tert-OH is 4. The summed E-state index contributed by atoms with van der Waals surface area (Å²) in [6.45, 7) is 6.46. The molecule has 10 heteroatoms. The second-order valence-corrected chi connectivity index (χ2v) is 17.4. The molecule has 9 N–H and O–H groups in total. The van der Waals surface area contributed by atoms with E-state index in [1.807, 2.05) is 12.1 Å². The molecule has 0 amide bonds. The summed E-state index contributed by atoms with van der Waals surface area (Å²) in [6, 6.07) is 5.39. The number of aliphatic hydroxyl groups is 6. The van der Waals surface area contributed by atoms with Crippen molar-refractivity contribution in [1.82, 2.24) is 5.32 Å². The van der Waals surface area contributed by atoms with Gasteiger partial charge in [-0.05, 0) is 106 Å². The van der Waals surface area contributed by atoms with Crippen LogP contribution in [0.5, 0.6) is 11.5 Å². The van der Waals surface area contributed by atoms with E-state index in [0.29, 0.717) is 54.0 Å². The Hall–Kier alpha value is -2.57. The quantitative estimate of drug-likeness (QED) is 0.0329. The lowest BCUT2D eigenvalue weighted by Crippen LogP contribution is -2.36. The van der Waals surface area contributed by atoms with Crippen molar-refractivity contribution in [3.63, 3.8) is 0 Å². The normalized spacial score (nSPS) is 24.2. The van der Waals surface area contributed by atoms with Crippen LogP contribution in [0.3, 0.4) is 0 Å². The second-order valence-electron chi connectivity index (χ2n) is 17.4. The molecule has 2 saturated carbocycles. The largest absolute Gasteiger partial charge is 0.504 e. The number of phenols is 1. The number of allylic oxidation sites excluding steroid dienone is 1. The molecule has 2 heterocycles. The number of rotatable bonds is 26. The van der Waals surface area contributed by atoms with Crippen LogP contribution in [-0.2, 0) is 6.42 Å². The molecule has 8 unspecified atom stereocenters. The van der Waals surface area contributed by atoms with E-state index in [-0.39, 0.29) is 31.7 Å². The zero-order valence-electron chi connectivity index (χ0n) is 34.4. The predicted molar refractivity (Wildman–Crippen MR) is 224 cm³/mol. The van der Waals surface area contributed by atoms with E-state index in [1.54, 1.807) is 13.0 Å². The number of aromatic hydroxyl groups is 1. The highest BCUT2D eigenvalue weighted by molar-refractivity contribution is 6.03. The maximum atomic E-state index is 11.2. The lowest BCUT2D eigenvalue weighted by atomic mass is 9.77. The van der Waals surface area contributed by atoms with E-state index < -0.39 is 12.2 Å². The van der Waals surface area contributed by atoms with Crippen molar-refractivity contribution in [2.75, 3.05) is 39.5 Å². The van der Waals surface area contributed by atoms with Crippen LogP contribution in [-0.4, -0.2) is 93.7 Å². The Morgan fingerprint density at radius 3 is 2.64 bits per heavy atom. The maximum Gasteiger partial charge on any atom is 0.208 e. The van der Waals surface area contributed by atoms with Crippen molar-refractivity contribution in [2.24, 2.45) is 40.3 Å². The molecular weight excluding hydrogens is 707 g/mol. The summed E-state index contributed by atoms with van der Waals surface area (Å²) in [4.78, 5) is 4.92. The molecule has 8 atom stereocenters. The fourth-order valence-corrected chi connectivity index (χ4v) is 9.71. The number of nitrogens with zero attached hydrogens (tertiary/aromatic N) is 1. The monoisotopic (exact) mass is 781 g/mol. The molecule has 0 saturated heterocycles. The number of hydrogen-bond acceptors (Lipinski definition) is 9. The highest BCUT2D eigenvalue weighted by Crippen LogP contribution is 2.48. The van der Waals surface area contributed by atoms with E-state index in [1.165, 1.54) is 50.9 Å². The number of nitrogens with one attached hydrogen (secondary N) is 1. The third kappa shape index (κ3) is 13.2. The first-order valence-electron chi connectivity index (χ1n) is 22.1. The van der Waals surface area contributed by atoms with Crippen molar-refractivity contribution in [3.8, 4) is 11.5 Å². The fraction of sp³-hybridized carbons (Fsp3) is 0.717. The number of fused-ring (bicyclic) bond motifs is 2. The minimum absolute atomic E-state index is 0.0154. The van der Waals surface area contributed by atoms with Crippen LogP contribution < -0.4 is 15.8 Å². The Kier molecular flexibility index (Phi) is 18.4. The first-order chi connectivity index (χ1) is 27.2. The molecular formula is C46H74N3O7+. The molecule has 2 aliphatic heterocycles. The number of unbranched alkanes of at least 4 members (excludes halogenated alkanes) is 1. The number of nitrogens with two attached hydrogens (primary N) is 1. The van der Waals surface area contributed by atoms with Gasteiger partial charge in [0.25, 0.3) is 0 Å². The third-order valence-electron chi connectivity index (χ3n) is 12.9. The van der Waals surface area contributed by atoms with Gasteiger partial charge in [0.15, 0.2) is 17.6 Å². The second kappa shape index (κ2) is 23.1. The first kappa shape index (κ1) is 44.5. The summed E-state index contributed by atoms with van der Waals surface area (Å²) in [5.41, 5.74) is 9.64.